The Morgan fingerprint density at radius 2 is 1.72 bits per heavy atom. The van der Waals surface area contributed by atoms with Crippen molar-refractivity contribution in [2.75, 3.05) is 20.1 Å². The summed E-state index contributed by atoms with van der Waals surface area (Å²) in [7, 11) is 2.14. The Labute approximate surface area is 114 Å². The van der Waals surface area contributed by atoms with Gasteiger partial charge in [0.1, 0.15) is 0 Å². The average molecular weight is 254 g/mol. The van der Waals surface area contributed by atoms with Gasteiger partial charge in [0.25, 0.3) is 0 Å². The van der Waals surface area contributed by atoms with Crippen LogP contribution in [0.2, 0.25) is 0 Å². The van der Waals surface area contributed by atoms with Gasteiger partial charge in [-0.2, -0.15) is 0 Å². The molecule has 0 spiro atoms. The van der Waals surface area contributed by atoms with Gasteiger partial charge >= 0.3 is 0 Å². The fourth-order valence-corrected chi connectivity index (χ4v) is 2.81. The molecule has 0 aliphatic heterocycles. The topological polar surface area (TPSA) is 24.1 Å². The van der Waals surface area contributed by atoms with E-state index in [2.05, 4.69) is 45.4 Å². The van der Waals surface area contributed by atoms with Gasteiger partial charge in [-0.25, -0.2) is 0 Å². The highest BCUT2D eigenvalue weighted by Gasteiger charge is 2.29. The third-order valence-electron chi connectivity index (χ3n) is 5.05. The minimum Gasteiger partial charge on any atom is -0.316 e. The van der Waals surface area contributed by atoms with Crippen molar-refractivity contribution in [3.63, 3.8) is 0 Å². The molecule has 1 fully saturated rings. The van der Waals surface area contributed by atoms with Gasteiger partial charge in [0.15, 0.2) is 0 Å². The van der Waals surface area contributed by atoms with Crippen molar-refractivity contribution in [1.82, 2.24) is 10.6 Å². The minimum atomic E-state index is 0.415. The molecule has 1 saturated carbocycles. The quantitative estimate of drug-likeness (QED) is 0.708. The lowest BCUT2D eigenvalue weighted by molar-refractivity contribution is 0.217. The monoisotopic (exact) mass is 254 g/mol. The zero-order chi connectivity index (χ0) is 13.6. The lowest BCUT2D eigenvalue weighted by Crippen LogP contribution is -2.47. The van der Waals surface area contributed by atoms with E-state index in [1.54, 1.807) is 0 Å². The molecule has 1 aliphatic rings. The summed E-state index contributed by atoms with van der Waals surface area (Å²) in [4.78, 5) is 0. The molecule has 1 rings (SSSR count). The van der Waals surface area contributed by atoms with Crippen LogP contribution < -0.4 is 10.6 Å². The Morgan fingerprint density at radius 3 is 2.22 bits per heavy atom. The van der Waals surface area contributed by atoms with Crippen molar-refractivity contribution in [3.05, 3.63) is 0 Å². The lowest BCUT2D eigenvalue weighted by Gasteiger charge is -2.37. The van der Waals surface area contributed by atoms with Crippen molar-refractivity contribution in [3.8, 4) is 0 Å². The van der Waals surface area contributed by atoms with Crippen molar-refractivity contribution in [2.45, 2.75) is 71.8 Å². The molecule has 0 aromatic rings. The number of hydrogen-bond acceptors (Lipinski definition) is 2. The number of rotatable bonds is 6. The van der Waals surface area contributed by atoms with Crippen LogP contribution in [0.4, 0.5) is 0 Å². The first-order chi connectivity index (χ1) is 8.40. The molecule has 2 N–H and O–H groups in total. The molecule has 0 aromatic heterocycles. The van der Waals surface area contributed by atoms with E-state index in [0.717, 1.165) is 19.0 Å². The maximum atomic E-state index is 3.66. The van der Waals surface area contributed by atoms with Crippen LogP contribution >= 0.6 is 0 Å². The number of nitrogens with one attached hydrogen (secondary N) is 2. The van der Waals surface area contributed by atoms with Gasteiger partial charge < -0.3 is 10.6 Å². The van der Waals surface area contributed by atoms with Crippen molar-refractivity contribution in [1.29, 1.82) is 0 Å². The molecule has 2 nitrogen and oxygen atoms in total. The molecule has 1 atom stereocenters. The van der Waals surface area contributed by atoms with E-state index < -0.39 is 0 Å². The molecular formula is C16H34N2. The van der Waals surface area contributed by atoms with Gasteiger partial charge in [0.05, 0.1) is 0 Å². The van der Waals surface area contributed by atoms with E-state index >= 15 is 0 Å². The van der Waals surface area contributed by atoms with Gasteiger partial charge in [-0.3, -0.25) is 0 Å². The van der Waals surface area contributed by atoms with E-state index in [9.17, 15) is 0 Å². The van der Waals surface area contributed by atoms with E-state index in [-0.39, 0.29) is 0 Å². The second-order valence-electron chi connectivity index (χ2n) is 7.31. The van der Waals surface area contributed by atoms with Crippen molar-refractivity contribution >= 4 is 0 Å². The summed E-state index contributed by atoms with van der Waals surface area (Å²) < 4.78 is 0. The van der Waals surface area contributed by atoms with Crippen LogP contribution in [0.25, 0.3) is 0 Å². The predicted octanol–water partition coefficient (Wildman–Crippen LogP) is 3.57. The first-order valence-corrected chi connectivity index (χ1v) is 7.79. The third kappa shape index (κ3) is 4.89. The fraction of sp³-hybridized carbons (Fsp3) is 1.00. The Balaban J connectivity index is 2.24. The Hall–Kier alpha value is -0.0800. The van der Waals surface area contributed by atoms with Crippen molar-refractivity contribution < 1.29 is 0 Å². The van der Waals surface area contributed by atoms with E-state index in [1.165, 1.54) is 38.5 Å². The molecule has 0 bridgehead atoms. The third-order valence-corrected chi connectivity index (χ3v) is 5.05. The molecule has 1 unspecified atom stereocenters. The summed E-state index contributed by atoms with van der Waals surface area (Å²) in [5.74, 6) is 0.731. The Bertz CT molecular complexity index is 224. The standard InChI is InChI=1S/C16H34N2/c1-14(15(2,3)4)13-18-12-11-16(17-5)9-7-6-8-10-16/h14,17-18H,6-13H2,1-5H3. The Kier molecular flexibility index (Phi) is 6.13. The molecule has 0 saturated heterocycles. The maximum Gasteiger partial charge on any atom is 0.0190 e. The smallest absolute Gasteiger partial charge is 0.0190 e. The molecule has 0 heterocycles. The summed E-state index contributed by atoms with van der Waals surface area (Å²) >= 11 is 0. The average Bonchev–Trinajstić information content (AvgIpc) is 2.34. The molecule has 108 valence electrons. The predicted molar refractivity (Wildman–Crippen MR) is 81.0 cm³/mol. The summed E-state index contributed by atoms with van der Waals surface area (Å²) in [5, 5.41) is 7.25. The van der Waals surface area contributed by atoms with Gasteiger partial charge in [0.2, 0.25) is 0 Å². The first-order valence-electron chi connectivity index (χ1n) is 7.79. The molecule has 1 aliphatic carbocycles. The molecule has 18 heavy (non-hydrogen) atoms. The normalized spacial score (nSPS) is 21.8. The van der Waals surface area contributed by atoms with Gasteiger partial charge in [-0.15, -0.1) is 0 Å². The van der Waals surface area contributed by atoms with E-state index in [1.807, 2.05) is 0 Å². The molecule has 2 heteroatoms. The fourth-order valence-electron chi connectivity index (χ4n) is 2.81. The highest BCUT2D eigenvalue weighted by atomic mass is 15.0. The van der Waals surface area contributed by atoms with Crippen LogP contribution in [0, 0.1) is 11.3 Å². The summed E-state index contributed by atoms with van der Waals surface area (Å²) in [6.45, 7) is 11.6. The van der Waals surface area contributed by atoms with E-state index in [4.69, 9.17) is 0 Å². The highest BCUT2D eigenvalue weighted by molar-refractivity contribution is 4.90. The first kappa shape index (κ1) is 16.0. The van der Waals surface area contributed by atoms with Gasteiger partial charge in [-0.05, 0) is 50.7 Å². The molecule has 0 amide bonds. The molecular weight excluding hydrogens is 220 g/mol. The minimum absolute atomic E-state index is 0.415. The van der Waals surface area contributed by atoms with Crippen LogP contribution in [0.15, 0.2) is 0 Å². The second kappa shape index (κ2) is 6.91. The highest BCUT2D eigenvalue weighted by Crippen LogP contribution is 2.30. The molecule has 0 radical (unpaired) electrons. The lowest BCUT2D eigenvalue weighted by atomic mass is 9.79. The summed E-state index contributed by atoms with van der Waals surface area (Å²) in [6.07, 6.45) is 8.23. The Morgan fingerprint density at radius 1 is 1.11 bits per heavy atom. The van der Waals surface area contributed by atoms with E-state index in [0.29, 0.717) is 11.0 Å². The zero-order valence-electron chi connectivity index (χ0n) is 13.2. The number of hydrogen-bond donors (Lipinski definition) is 2. The van der Waals surface area contributed by atoms with Gasteiger partial charge in [0, 0.05) is 5.54 Å². The second-order valence-corrected chi connectivity index (χ2v) is 7.31. The van der Waals surface area contributed by atoms with Crippen LogP contribution in [-0.2, 0) is 0 Å². The summed E-state index contributed by atoms with van der Waals surface area (Å²) in [5.41, 5.74) is 0.842. The maximum absolute atomic E-state index is 3.66. The molecule has 0 aromatic carbocycles. The van der Waals surface area contributed by atoms with Crippen LogP contribution in [0.3, 0.4) is 0 Å². The van der Waals surface area contributed by atoms with Crippen LogP contribution in [-0.4, -0.2) is 25.7 Å². The van der Waals surface area contributed by atoms with Crippen LogP contribution in [0.5, 0.6) is 0 Å². The largest absolute Gasteiger partial charge is 0.316 e. The van der Waals surface area contributed by atoms with Gasteiger partial charge in [-0.1, -0.05) is 47.0 Å². The van der Waals surface area contributed by atoms with Crippen LogP contribution in [0.1, 0.15) is 66.2 Å². The van der Waals surface area contributed by atoms with Crippen molar-refractivity contribution in [2.24, 2.45) is 11.3 Å². The summed E-state index contributed by atoms with van der Waals surface area (Å²) in [6, 6.07) is 0. The SMILES string of the molecule is CNC1(CCNCC(C)C(C)(C)C)CCCCC1. The zero-order valence-corrected chi connectivity index (χ0v) is 13.2.